The SMILES string of the molecule is O=C(NC(CC1CCCCC1)c1ccccc1)[C@H]1Cc2ccc(O)cc2CN1. The summed E-state index contributed by atoms with van der Waals surface area (Å²) in [5, 5.41) is 16.3. The molecular weight excluding hydrogens is 348 g/mol. The zero-order valence-corrected chi connectivity index (χ0v) is 16.4. The molecule has 2 aliphatic rings. The average Bonchev–Trinajstić information content (AvgIpc) is 2.74. The van der Waals surface area contributed by atoms with E-state index in [0.717, 1.165) is 17.5 Å². The van der Waals surface area contributed by atoms with Crippen LogP contribution in [-0.2, 0) is 17.8 Å². The van der Waals surface area contributed by atoms with Gasteiger partial charge in [0.25, 0.3) is 0 Å². The number of carbonyl (C=O) groups is 1. The van der Waals surface area contributed by atoms with Crippen LogP contribution >= 0.6 is 0 Å². The van der Waals surface area contributed by atoms with Crippen LogP contribution in [0.1, 0.15) is 61.3 Å². The minimum absolute atomic E-state index is 0.0693. The van der Waals surface area contributed by atoms with E-state index in [4.69, 9.17) is 0 Å². The third kappa shape index (κ3) is 4.56. The van der Waals surface area contributed by atoms with Gasteiger partial charge >= 0.3 is 0 Å². The van der Waals surface area contributed by atoms with Crippen LogP contribution in [0, 0.1) is 5.92 Å². The summed E-state index contributed by atoms with van der Waals surface area (Å²) in [5.41, 5.74) is 3.41. The number of fused-ring (bicyclic) bond motifs is 1. The van der Waals surface area contributed by atoms with Crippen LogP contribution in [0.2, 0.25) is 0 Å². The van der Waals surface area contributed by atoms with Crippen molar-refractivity contribution in [3.05, 3.63) is 65.2 Å². The molecule has 2 aromatic rings. The van der Waals surface area contributed by atoms with E-state index in [2.05, 4.69) is 34.9 Å². The van der Waals surface area contributed by atoms with E-state index in [9.17, 15) is 9.90 Å². The number of phenolic OH excluding ortho intramolecular Hbond substituents is 1. The number of carbonyl (C=O) groups excluding carboxylic acids is 1. The standard InChI is InChI=1S/C24H30N2O2/c27-21-12-11-19-15-23(25-16-20(19)14-21)24(28)26-22(18-9-5-2-6-10-18)13-17-7-3-1-4-8-17/h2,5-6,9-12,14,17,22-23,25,27H,1,3-4,7-8,13,15-16H2,(H,26,28)/t22?,23-/m1/s1. The Balaban J connectivity index is 1.45. The van der Waals surface area contributed by atoms with Crippen molar-refractivity contribution in [3.8, 4) is 5.75 Å². The molecule has 2 atom stereocenters. The van der Waals surface area contributed by atoms with Crippen LogP contribution in [0.5, 0.6) is 5.75 Å². The Morgan fingerprint density at radius 1 is 1.07 bits per heavy atom. The molecule has 4 nitrogen and oxygen atoms in total. The molecule has 0 spiro atoms. The van der Waals surface area contributed by atoms with E-state index in [1.165, 1.54) is 37.7 Å². The molecule has 1 aliphatic heterocycles. The Kier molecular flexibility index (Phi) is 5.96. The van der Waals surface area contributed by atoms with Crippen molar-refractivity contribution >= 4 is 5.91 Å². The van der Waals surface area contributed by atoms with Crippen LogP contribution in [0.25, 0.3) is 0 Å². The van der Waals surface area contributed by atoms with E-state index in [0.29, 0.717) is 18.9 Å². The second kappa shape index (κ2) is 8.78. The maximum atomic E-state index is 13.1. The van der Waals surface area contributed by atoms with Crippen molar-refractivity contribution in [1.82, 2.24) is 10.6 Å². The van der Waals surface area contributed by atoms with Crippen molar-refractivity contribution in [2.45, 2.75) is 63.6 Å². The molecule has 28 heavy (non-hydrogen) atoms. The Hall–Kier alpha value is -2.33. The summed E-state index contributed by atoms with van der Waals surface area (Å²) < 4.78 is 0. The molecule has 0 aromatic heterocycles. The number of rotatable bonds is 5. The van der Waals surface area contributed by atoms with Gasteiger partial charge in [-0.05, 0) is 47.6 Å². The molecule has 0 bridgehead atoms. The average molecular weight is 379 g/mol. The molecule has 2 aromatic carbocycles. The fraction of sp³-hybridized carbons (Fsp3) is 0.458. The molecule has 148 valence electrons. The Morgan fingerprint density at radius 3 is 2.64 bits per heavy atom. The molecule has 4 heteroatoms. The van der Waals surface area contributed by atoms with E-state index in [1.54, 1.807) is 12.1 Å². The van der Waals surface area contributed by atoms with E-state index < -0.39 is 0 Å². The van der Waals surface area contributed by atoms with Crippen molar-refractivity contribution in [2.75, 3.05) is 0 Å². The predicted octanol–water partition coefficient (Wildman–Crippen LogP) is 4.23. The van der Waals surface area contributed by atoms with Crippen LogP contribution in [0.4, 0.5) is 0 Å². The van der Waals surface area contributed by atoms with Gasteiger partial charge in [0.1, 0.15) is 5.75 Å². The van der Waals surface area contributed by atoms with Gasteiger partial charge in [0, 0.05) is 6.54 Å². The highest BCUT2D eigenvalue weighted by Crippen LogP contribution is 2.32. The molecule has 0 radical (unpaired) electrons. The van der Waals surface area contributed by atoms with Gasteiger partial charge in [-0.1, -0.05) is 68.5 Å². The highest BCUT2D eigenvalue weighted by Gasteiger charge is 2.28. The second-order valence-electron chi connectivity index (χ2n) is 8.30. The van der Waals surface area contributed by atoms with Crippen LogP contribution in [0.3, 0.4) is 0 Å². The van der Waals surface area contributed by atoms with Gasteiger partial charge < -0.3 is 15.7 Å². The highest BCUT2D eigenvalue weighted by molar-refractivity contribution is 5.83. The summed E-state index contributed by atoms with van der Waals surface area (Å²) in [6, 6.07) is 15.6. The van der Waals surface area contributed by atoms with Gasteiger partial charge in [0.05, 0.1) is 12.1 Å². The summed E-state index contributed by atoms with van der Waals surface area (Å²) in [6.45, 7) is 0.612. The van der Waals surface area contributed by atoms with Gasteiger partial charge in [-0.3, -0.25) is 4.79 Å². The zero-order chi connectivity index (χ0) is 19.3. The fourth-order valence-electron chi connectivity index (χ4n) is 4.68. The normalized spacial score (nSPS) is 20.9. The first-order valence-corrected chi connectivity index (χ1v) is 10.6. The number of hydrogen-bond donors (Lipinski definition) is 3. The summed E-state index contributed by atoms with van der Waals surface area (Å²) in [4.78, 5) is 13.1. The summed E-state index contributed by atoms with van der Waals surface area (Å²) >= 11 is 0. The fourth-order valence-corrected chi connectivity index (χ4v) is 4.68. The molecule has 3 N–H and O–H groups in total. The third-order valence-corrected chi connectivity index (χ3v) is 6.28. The maximum Gasteiger partial charge on any atom is 0.237 e. The van der Waals surface area contributed by atoms with Gasteiger partial charge in [-0.25, -0.2) is 0 Å². The number of aromatic hydroxyl groups is 1. The molecule has 0 saturated heterocycles. The van der Waals surface area contributed by atoms with E-state index in [1.807, 2.05) is 12.1 Å². The van der Waals surface area contributed by atoms with Crippen molar-refractivity contribution in [3.63, 3.8) is 0 Å². The Labute approximate surface area is 167 Å². The maximum absolute atomic E-state index is 13.1. The lowest BCUT2D eigenvalue weighted by Gasteiger charge is -2.30. The minimum Gasteiger partial charge on any atom is -0.508 e. The highest BCUT2D eigenvalue weighted by atomic mass is 16.3. The van der Waals surface area contributed by atoms with Crippen molar-refractivity contribution in [2.24, 2.45) is 5.92 Å². The molecule has 1 amide bonds. The van der Waals surface area contributed by atoms with Gasteiger partial charge in [-0.2, -0.15) is 0 Å². The quantitative estimate of drug-likeness (QED) is 0.729. The molecule has 1 saturated carbocycles. The van der Waals surface area contributed by atoms with E-state index >= 15 is 0 Å². The van der Waals surface area contributed by atoms with Crippen LogP contribution < -0.4 is 10.6 Å². The van der Waals surface area contributed by atoms with E-state index in [-0.39, 0.29) is 23.7 Å². The molecule has 4 rings (SSSR count). The minimum atomic E-state index is -0.227. The summed E-state index contributed by atoms with van der Waals surface area (Å²) in [5.74, 6) is 1.05. The number of amides is 1. The molecule has 1 aliphatic carbocycles. The first kappa shape index (κ1) is 19.0. The first-order chi connectivity index (χ1) is 13.7. The lowest BCUT2D eigenvalue weighted by atomic mass is 9.83. The van der Waals surface area contributed by atoms with Gasteiger partial charge in [-0.15, -0.1) is 0 Å². The smallest absolute Gasteiger partial charge is 0.237 e. The molecule has 1 heterocycles. The lowest BCUT2D eigenvalue weighted by Crippen LogP contribution is -2.48. The van der Waals surface area contributed by atoms with Crippen molar-refractivity contribution < 1.29 is 9.90 Å². The number of hydrogen-bond acceptors (Lipinski definition) is 3. The van der Waals surface area contributed by atoms with Crippen LogP contribution in [-0.4, -0.2) is 17.1 Å². The number of benzene rings is 2. The predicted molar refractivity (Wildman–Crippen MR) is 111 cm³/mol. The monoisotopic (exact) mass is 378 g/mol. The largest absolute Gasteiger partial charge is 0.508 e. The Morgan fingerprint density at radius 2 is 1.86 bits per heavy atom. The first-order valence-electron chi connectivity index (χ1n) is 10.6. The summed E-state index contributed by atoms with van der Waals surface area (Å²) in [7, 11) is 0. The third-order valence-electron chi connectivity index (χ3n) is 6.28. The molecule has 1 fully saturated rings. The second-order valence-corrected chi connectivity index (χ2v) is 8.30. The van der Waals surface area contributed by atoms with Gasteiger partial charge in [0.2, 0.25) is 5.91 Å². The number of nitrogens with one attached hydrogen (secondary N) is 2. The Bertz CT molecular complexity index is 800. The molecular formula is C24H30N2O2. The lowest BCUT2D eigenvalue weighted by molar-refractivity contribution is -0.124. The van der Waals surface area contributed by atoms with Crippen molar-refractivity contribution in [1.29, 1.82) is 0 Å². The zero-order valence-electron chi connectivity index (χ0n) is 16.4. The summed E-state index contributed by atoms with van der Waals surface area (Å²) in [6.07, 6.45) is 8.20. The topological polar surface area (TPSA) is 61.4 Å². The van der Waals surface area contributed by atoms with Gasteiger partial charge in [0.15, 0.2) is 0 Å². The van der Waals surface area contributed by atoms with Crippen LogP contribution in [0.15, 0.2) is 48.5 Å². The molecule has 1 unspecified atom stereocenters. The number of phenols is 1.